The molecule has 0 bridgehead atoms. The van der Waals surface area contributed by atoms with Gasteiger partial charge in [0.1, 0.15) is 0 Å². The van der Waals surface area contributed by atoms with Crippen molar-refractivity contribution in [2.45, 2.75) is 0 Å². The summed E-state index contributed by atoms with van der Waals surface area (Å²) in [5.74, 6) is -0.360. The van der Waals surface area contributed by atoms with Crippen LogP contribution in [0, 0.1) is 0 Å². The first-order valence-electron chi connectivity index (χ1n) is 9.62. The van der Waals surface area contributed by atoms with Gasteiger partial charge in [-0.2, -0.15) is 0 Å². The molecule has 0 aliphatic carbocycles. The topological polar surface area (TPSA) is 58.2 Å². The van der Waals surface area contributed by atoms with Crippen molar-refractivity contribution >= 4 is 23.2 Å². The molecule has 4 heteroatoms. The van der Waals surface area contributed by atoms with Crippen molar-refractivity contribution in [3.63, 3.8) is 0 Å². The largest absolute Gasteiger partial charge is 0.322 e. The van der Waals surface area contributed by atoms with E-state index in [9.17, 15) is 9.59 Å². The number of nitrogens with one attached hydrogen (secondary N) is 2. The third-order valence-corrected chi connectivity index (χ3v) is 4.69. The molecule has 2 N–H and O–H groups in total. The maximum atomic E-state index is 12.5. The third kappa shape index (κ3) is 4.62. The van der Waals surface area contributed by atoms with Crippen molar-refractivity contribution in [1.82, 2.24) is 0 Å². The molecule has 0 heterocycles. The Morgan fingerprint density at radius 2 is 0.833 bits per heavy atom. The summed E-state index contributed by atoms with van der Waals surface area (Å²) in [6, 6.07) is 33.6. The maximum absolute atomic E-state index is 12.5. The first-order valence-corrected chi connectivity index (χ1v) is 9.62. The first kappa shape index (κ1) is 19.2. The molecular formula is C26H20N2O2. The summed E-state index contributed by atoms with van der Waals surface area (Å²) >= 11 is 0. The molecule has 4 rings (SSSR count). The van der Waals surface area contributed by atoms with Gasteiger partial charge in [0, 0.05) is 22.5 Å². The van der Waals surface area contributed by atoms with Crippen LogP contribution >= 0.6 is 0 Å². The zero-order valence-electron chi connectivity index (χ0n) is 16.2. The van der Waals surface area contributed by atoms with Gasteiger partial charge in [-0.05, 0) is 59.7 Å². The lowest BCUT2D eigenvalue weighted by Gasteiger charge is -2.09. The lowest BCUT2D eigenvalue weighted by atomic mass is 10.0. The fraction of sp³-hybridized carbons (Fsp3) is 0. The number of carbonyl (C=O) groups excluding carboxylic acids is 2. The lowest BCUT2D eigenvalue weighted by molar-refractivity contribution is 0.101. The van der Waals surface area contributed by atoms with E-state index in [4.69, 9.17) is 0 Å². The second-order valence-electron chi connectivity index (χ2n) is 6.79. The quantitative estimate of drug-likeness (QED) is 0.447. The minimum atomic E-state index is -0.185. The van der Waals surface area contributed by atoms with E-state index in [-0.39, 0.29) is 11.8 Å². The van der Waals surface area contributed by atoms with Gasteiger partial charge in [0.15, 0.2) is 0 Å². The highest BCUT2D eigenvalue weighted by molar-refractivity contribution is 6.05. The summed E-state index contributed by atoms with van der Waals surface area (Å²) in [5.41, 5.74) is 4.66. The molecule has 0 aromatic heterocycles. The summed E-state index contributed by atoms with van der Waals surface area (Å²) in [4.78, 5) is 24.7. The lowest BCUT2D eigenvalue weighted by Crippen LogP contribution is -2.13. The molecule has 30 heavy (non-hydrogen) atoms. The van der Waals surface area contributed by atoms with E-state index in [0.29, 0.717) is 22.5 Å². The zero-order valence-corrected chi connectivity index (χ0v) is 16.2. The van der Waals surface area contributed by atoms with Crippen molar-refractivity contribution in [1.29, 1.82) is 0 Å². The van der Waals surface area contributed by atoms with Crippen molar-refractivity contribution in [3.8, 4) is 11.1 Å². The van der Waals surface area contributed by atoms with Gasteiger partial charge in [-0.25, -0.2) is 0 Å². The zero-order chi connectivity index (χ0) is 20.8. The molecule has 0 unspecified atom stereocenters. The van der Waals surface area contributed by atoms with Crippen LogP contribution in [0.2, 0.25) is 0 Å². The molecule has 0 fully saturated rings. The smallest absolute Gasteiger partial charge is 0.255 e. The minimum absolute atomic E-state index is 0.175. The molecule has 0 radical (unpaired) electrons. The van der Waals surface area contributed by atoms with Crippen molar-refractivity contribution in [2.75, 3.05) is 10.6 Å². The Hall–Kier alpha value is -4.18. The Kier molecular flexibility index (Phi) is 5.67. The van der Waals surface area contributed by atoms with Crippen LogP contribution in [0.3, 0.4) is 0 Å². The van der Waals surface area contributed by atoms with Crippen molar-refractivity contribution in [3.05, 3.63) is 120 Å². The van der Waals surface area contributed by atoms with E-state index in [1.54, 1.807) is 36.4 Å². The highest BCUT2D eigenvalue weighted by Gasteiger charge is 2.08. The molecule has 0 aliphatic heterocycles. The van der Waals surface area contributed by atoms with Crippen molar-refractivity contribution in [2.24, 2.45) is 0 Å². The molecule has 4 aromatic carbocycles. The van der Waals surface area contributed by atoms with E-state index in [2.05, 4.69) is 10.6 Å². The van der Waals surface area contributed by atoms with E-state index in [1.807, 2.05) is 72.8 Å². The average Bonchev–Trinajstić information content (AvgIpc) is 2.81. The van der Waals surface area contributed by atoms with Crippen molar-refractivity contribution < 1.29 is 9.59 Å². The minimum Gasteiger partial charge on any atom is -0.322 e. The molecular weight excluding hydrogens is 372 g/mol. The fourth-order valence-electron chi connectivity index (χ4n) is 3.08. The van der Waals surface area contributed by atoms with Crippen LogP contribution < -0.4 is 10.6 Å². The van der Waals surface area contributed by atoms with E-state index >= 15 is 0 Å². The summed E-state index contributed by atoms with van der Waals surface area (Å²) < 4.78 is 0. The molecule has 0 spiro atoms. The highest BCUT2D eigenvalue weighted by Crippen LogP contribution is 2.20. The molecule has 4 aromatic rings. The Bertz CT molecular complexity index is 1140. The van der Waals surface area contributed by atoms with Crippen LogP contribution in [-0.4, -0.2) is 11.8 Å². The number of benzene rings is 4. The van der Waals surface area contributed by atoms with Crippen LogP contribution in [0.15, 0.2) is 109 Å². The van der Waals surface area contributed by atoms with Crippen LogP contribution in [0.4, 0.5) is 11.4 Å². The second-order valence-corrected chi connectivity index (χ2v) is 6.79. The molecule has 0 saturated carbocycles. The standard InChI is InChI=1S/C26H20N2O2/c29-25(21-9-5-2-6-10-21)27-23-15-17-24(18-16-23)28-26(30)22-13-11-20(12-14-22)19-7-3-1-4-8-19/h1-18H,(H,27,29)(H,28,30). The molecule has 0 atom stereocenters. The second kappa shape index (κ2) is 8.88. The summed E-state index contributed by atoms with van der Waals surface area (Å²) in [7, 11) is 0. The van der Waals surface area contributed by atoms with Gasteiger partial charge < -0.3 is 10.6 Å². The Morgan fingerprint density at radius 1 is 0.433 bits per heavy atom. The Morgan fingerprint density at radius 3 is 1.33 bits per heavy atom. The molecule has 0 aliphatic rings. The average molecular weight is 392 g/mol. The number of hydrogen-bond donors (Lipinski definition) is 2. The van der Waals surface area contributed by atoms with Crippen LogP contribution in [0.5, 0.6) is 0 Å². The SMILES string of the molecule is O=C(Nc1ccc(NC(=O)c2ccc(-c3ccccc3)cc2)cc1)c1ccccc1. The summed E-state index contributed by atoms with van der Waals surface area (Å²) in [6.07, 6.45) is 0. The number of amides is 2. The predicted molar refractivity (Wildman–Crippen MR) is 121 cm³/mol. The van der Waals surface area contributed by atoms with Gasteiger partial charge in [-0.3, -0.25) is 9.59 Å². The van der Waals surface area contributed by atoms with Gasteiger partial charge in [0.2, 0.25) is 0 Å². The Labute approximate surface area is 175 Å². The van der Waals surface area contributed by atoms with E-state index in [1.165, 1.54) is 0 Å². The van der Waals surface area contributed by atoms with Crippen LogP contribution in [-0.2, 0) is 0 Å². The number of anilines is 2. The normalized spacial score (nSPS) is 10.3. The molecule has 0 saturated heterocycles. The van der Waals surface area contributed by atoms with Gasteiger partial charge >= 0.3 is 0 Å². The van der Waals surface area contributed by atoms with Gasteiger partial charge in [-0.15, -0.1) is 0 Å². The summed E-state index contributed by atoms with van der Waals surface area (Å²) in [6.45, 7) is 0. The number of hydrogen-bond acceptors (Lipinski definition) is 2. The predicted octanol–water partition coefficient (Wildman–Crippen LogP) is 5.86. The Balaban J connectivity index is 1.38. The van der Waals surface area contributed by atoms with Gasteiger partial charge in [0.05, 0.1) is 0 Å². The number of carbonyl (C=O) groups is 2. The fourth-order valence-corrected chi connectivity index (χ4v) is 3.08. The third-order valence-electron chi connectivity index (χ3n) is 4.69. The first-order chi connectivity index (χ1) is 14.7. The van der Waals surface area contributed by atoms with Crippen LogP contribution in [0.1, 0.15) is 20.7 Å². The van der Waals surface area contributed by atoms with E-state index < -0.39 is 0 Å². The molecule has 4 nitrogen and oxygen atoms in total. The highest BCUT2D eigenvalue weighted by atomic mass is 16.2. The van der Waals surface area contributed by atoms with E-state index in [0.717, 1.165) is 11.1 Å². The summed E-state index contributed by atoms with van der Waals surface area (Å²) in [5, 5.41) is 5.72. The molecule has 146 valence electrons. The number of rotatable bonds is 5. The monoisotopic (exact) mass is 392 g/mol. The molecule has 2 amide bonds. The van der Waals surface area contributed by atoms with Gasteiger partial charge in [-0.1, -0.05) is 60.7 Å². The van der Waals surface area contributed by atoms with Crippen LogP contribution in [0.25, 0.3) is 11.1 Å². The maximum Gasteiger partial charge on any atom is 0.255 e. The van der Waals surface area contributed by atoms with Gasteiger partial charge in [0.25, 0.3) is 11.8 Å².